The van der Waals surface area contributed by atoms with Gasteiger partial charge < -0.3 is 15.2 Å². The van der Waals surface area contributed by atoms with E-state index in [1.54, 1.807) is 0 Å². The summed E-state index contributed by atoms with van der Waals surface area (Å²) in [6, 6.07) is 0. The smallest absolute Gasteiger partial charge is 0.246 e. The highest BCUT2D eigenvalue weighted by Gasteiger charge is 2.31. The van der Waals surface area contributed by atoms with Crippen LogP contribution in [0.1, 0.15) is 65.7 Å². The molecule has 0 radical (unpaired) electrons. The molecule has 1 amide bonds. The van der Waals surface area contributed by atoms with Gasteiger partial charge in [-0.2, -0.15) is 0 Å². The zero-order chi connectivity index (χ0) is 16.4. The minimum Gasteiger partial charge on any atom is -0.396 e. The number of amides is 1. The molecule has 0 bridgehead atoms. The fourth-order valence-electron chi connectivity index (χ4n) is 3.36. The third kappa shape index (κ3) is 7.59. The Morgan fingerprint density at radius 1 is 1.23 bits per heavy atom. The lowest BCUT2D eigenvalue weighted by atomic mass is 9.75. The quantitative estimate of drug-likeness (QED) is 0.609. The zero-order valence-corrected chi connectivity index (χ0v) is 14.6. The topological polar surface area (TPSA) is 58.6 Å². The zero-order valence-electron chi connectivity index (χ0n) is 14.6. The highest BCUT2D eigenvalue weighted by molar-refractivity contribution is 5.77. The van der Waals surface area contributed by atoms with Gasteiger partial charge in [-0.15, -0.1) is 0 Å². The van der Waals surface area contributed by atoms with Crippen LogP contribution in [-0.2, 0) is 9.53 Å². The van der Waals surface area contributed by atoms with Crippen LogP contribution >= 0.6 is 0 Å². The molecule has 0 aromatic carbocycles. The molecular weight excluding hydrogens is 278 g/mol. The van der Waals surface area contributed by atoms with Crippen LogP contribution in [0.25, 0.3) is 0 Å². The second kappa shape index (κ2) is 11.0. The van der Waals surface area contributed by atoms with Gasteiger partial charge in [-0.1, -0.05) is 40.0 Å². The van der Waals surface area contributed by atoms with Crippen molar-refractivity contribution < 1.29 is 14.6 Å². The molecule has 1 fully saturated rings. The van der Waals surface area contributed by atoms with Crippen molar-refractivity contribution in [3.8, 4) is 0 Å². The fourth-order valence-corrected chi connectivity index (χ4v) is 3.36. The predicted octanol–water partition coefficient (Wildman–Crippen LogP) is 3.13. The number of aliphatic hydroxyl groups is 1. The summed E-state index contributed by atoms with van der Waals surface area (Å²) in [4.78, 5) is 11.9. The predicted molar refractivity (Wildman–Crippen MR) is 89.6 cm³/mol. The standard InChI is InChI=1S/C18H35NO3/c1-14(2)16-9-8-15(3)12-17(16)22-13-18(21)19-10-6-4-5-7-11-20/h14-17,20H,4-13H2,1-3H3,(H,19,21)/t15-,16+,17-/m1/s1. The summed E-state index contributed by atoms with van der Waals surface area (Å²) in [6.07, 6.45) is 7.72. The highest BCUT2D eigenvalue weighted by Crippen LogP contribution is 2.35. The van der Waals surface area contributed by atoms with Gasteiger partial charge in [-0.3, -0.25) is 4.79 Å². The van der Waals surface area contributed by atoms with Gasteiger partial charge in [0.25, 0.3) is 0 Å². The summed E-state index contributed by atoms with van der Waals surface area (Å²) in [5.74, 6) is 1.91. The second-order valence-corrected chi connectivity index (χ2v) is 7.16. The van der Waals surface area contributed by atoms with Crippen molar-refractivity contribution in [1.82, 2.24) is 5.32 Å². The molecule has 22 heavy (non-hydrogen) atoms. The van der Waals surface area contributed by atoms with Gasteiger partial charge in [0, 0.05) is 13.2 Å². The Hall–Kier alpha value is -0.610. The van der Waals surface area contributed by atoms with E-state index in [1.807, 2.05) is 0 Å². The highest BCUT2D eigenvalue weighted by atomic mass is 16.5. The molecule has 0 aromatic rings. The normalized spacial score (nSPS) is 25.4. The van der Waals surface area contributed by atoms with Crippen LogP contribution in [0.3, 0.4) is 0 Å². The monoisotopic (exact) mass is 313 g/mol. The number of ether oxygens (including phenoxy) is 1. The van der Waals surface area contributed by atoms with Crippen molar-refractivity contribution >= 4 is 5.91 Å². The molecule has 0 aromatic heterocycles. The van der Waals surface area contributed by atoms with E-state index in [-0.39, 0.29) is 25.2 Å². The number of hydrogen-bond acceptors (Lipinski definition) is 3. The van der Waals surface area contributed by atoms with E-state index in [2.05, 4.69) is 26.1 Å². The largest absolute Gasteiger partial charge is 0.396 e. The first-order valence-corrected chi connectivity index (χ1v) is 9.03. The number of nitrogens with one attached hydrogen (secondary N) is 1. The summed E-state index contributed by atoms with van der Waals surface area (Å²) < 4.78 is 5.94. The Balaban J connectivity index is 2.18. The Kier molecular flexibility index (Phi) is 9.73. The Bertz CT molecular complexity index is 307. The van der Waals surface area contributed by atoms with E-state index in [9.17, 15) is 4.79 Å². The number of aliphatic hydroxyl groups excluding tert-OH is 1. The molecule has 1 aliphatic rings. The first-order chi connectivity index (χ1) is 10.5. The summed E-state index contributed by atoms with van der Waals surface area (Å²) in [5.41, 5.74) is 0. The van der Waals surface area contributed by atoms with Crippen molar-refractivity contribution in [2.24, 2.45) is 17.8 Å². The molecule has 0 saturated heterocycles. The molecule has 0 unspecified atom stereocenters. The number of carbonyl (C=O) groups excluding carboxylic acids is 1. The average molecular weight is 313 g/mol. The van der Waals surface area contributed by atoms with Gasteiger partial charge >= 0.3 is 0 Å². The molecule has 0 heterocycles. The first kappa shape index (κ1) is 19.4. The maximum atomic E-state index is 11.9. The molecule has 130 valence electrons. The molecular formula is C18H35NO3. The molecule has 4 heteroatoms. The van der Waals surface area contributed by atoms with Crippen LogP contribution in [-0.4, -0.2) is 36.9 Å². The van der Waals surface area contributed by atoms with Crippen molar-refractivity contribution in [3.05, 3.63) is 0 Å². The summed E-state index contributed by atoms with van der Waals surface area (Å²) in [7, 11) is 0. The maximum absolute atomic E-state index is 11.9. The van der Waals surface area contributed by atoms with Crippen molar-refractivity contribution in [1.29, 1.82) is 0 Å². The van der Waals surface area contributed by atoms with Crippen LogP contribution in [0, 0.1) is 17.8 Å². The number of unbranched alkanes of at least 4 members (excludes halogenated alkanes) is 3. The third-order valence-electron chi connectivity index (χ3n) is 4.80. The lowest BCUT2D eigenvalue weighted by Gasteiger charge is -2.37. The van der Waals surface area contributed by atoms with Crippen molar-refractivity contribution in [3.63, 3.8) is 0 Å². The second-order valence-electron chi connectivity index (χ2n) is 7.16. The molecule has 1 saturated carbocycles. The molecule has 0 aliphatic heterocycles. The van der Waals surface area contributed by atoms with Crippen LogP contribution in [0.15, 0.2) is 0 Å². The van der Waals surface area contributed by atoms with E-state index in [4.69, 9.17) is 9.84 Å². The molecule has 1 rings (SSSR count). The van der Waals surface area contributed by atoms with Gasteiger partial charge in [0.15, 0.2) is 0 Å². The first-order valence-electron chi connectivity index (χ1n) is 9.03. The molecule has 3 atom stereocenters. The Morgan fingerprint density at radius 2 is 1.95 bits per heavy atom. The molecule has 1 aliphatic carbocycles. The van der Waals surface area contributed by atoms with Crippen molar-refractivity contribution in [2.45, 2.75) is 71.8 Å². The lowest BCUT2D eigenvalue weighted by molar-refractivity contribution is -0.131. The summed E-state index contributed by atoms with van der Waals surface area (Å²) >= 11 is 0. The summed E-state index contributed by atoms with van der Waals surface area (Å²) in [6.45, 7) is 7.95. The Labute approximate surface area is 136 Å². The Morgan fingerprint density at radius 3 is 2.64 bits per heavy atom. The van der Waals surface area contributed by atoms with Gasteiger partial charge in [-0.25, -0.2) is 0 Å². The van der Waals surface area contributed by atoms with Gasteiger partial charge in [0.1, 0.15) is 6.61 Å². The average Bonchev–Trinajstić information content (AvgIpc) is 2.48. The minimum absolute atomic E-state index is 0.00268. The van der Waals surface area contributed by atoms with E-state index < -0.39 is 0 Å². The number of hydrogen-bond donors (Lipinski definition) is 2. The van der Waals surface area contributed by atoms with E-state index in [1.165, 1.54) is 12.8 Å². The van der Waals surface area contributed by atoms with Crippen LogP contribution in [0.5, 0.6) is 0 Å². The van der Waals surface area contributed by atoms with Gasteiger partial charge in [-0.05, 0) is 43.4 Å². The van der Waals surface area contributed by atoms with Gasteiger partial charge in [0.05, 0.1) is 6.10 Å². The SMILES string of the molecule is CC(C)[C@@H]1CC[C@@H](C)C[C@H]1OCC(=O)NCCCCCCO. The van der Waals surface area contributed by atoms with Gasteiger partial charge in [0.2, 0.25) is 5.91 Å². The third-order valence-corrected chi connectivity index (χ3v) is 4.80. The molecule has 0 spiro atoms. The van der Waals surface area contributed by atoms with Crippen molar-refractivity contribution in [2.75, 3.05) is 19.8 Å². The maximum Gasteiger partial charge on any atom is 0.246 e. The molecule has 2 N–H and O–H groups in total. The number of carbonyl (C=O) groups is 1. The summed E-state index contributed by atoms with van der Waals surface area (Å²) in [5, 5.41) is 11.6. The minimum atomic E-state index is 0.00268. The number of rotatable bonds is 10. The van der Waals surface area contributed by atoms with E-state index in [0.717, 1.165) is 32.1 Å². The van der Waals surface area contributed by atoms with Crippen LogP contribution in [0.2, 0.25) is 0 Å². The molecule has 4 nitrogen and oxygen atoms in total. The fraction of sp³-hybridized carbons (Fsp3) is 0.944. The van der Waals surface area contributed by atoms with Crippen LogP contribution < -0.4 is 5.32 Å². The van der Waals surface area contributed by atoms with E-state index >= 15 is 0 Å². The lowest BCUT2D eigenvalue weighted by Crippen LogP contribution is -2.37. The van der Waals surface area contributed by atoms with E-state index in [0.29, 0.717) is 24.3 Å². The van der Waals surface area contributed by atoms with Crippen LogP contribution in [0.4, 0.5) is 0 Å².